The zero-order valence-corrected chi connectivity index (χ0v) is 12.6. The largest absolute Gasteiger partial charge is 0.504 e. The molecule has 0 radical (unpaired) electrons. The molecule has 0 aliphatic heterocycles. The van der Waals surface area contributed by atoms with E-state index in [9.17, 15) is 9.90 Å². The third kappa shape index (κ3) is 4.42. The van der Waals surface area contributed by atoms with E-state index in [2.05, 4.69) is 24.1 Å². The normalized spacial score (nSPS) is 12.2. The van der Waals surface area contributed by atoms with E-state index in [0.29, 0.717) is 11.3 Å². The van der Waals surface area contributed by atoms with E-state index in [4.69, 9.17) is 4.74 Å². The van der Waals surface area contributed by atoms with Gasteiger partial charge >= 0.3 is 0 Å². The van der Waals surface area contributed by atoms with Crippen molar-refractivity contribution in [3.05, 3.63) is 23.8 Å². The van der Waals surface area contributed by atoms with Crippen molar-refractivity contribution < 1.29 is 14.6 Å². The van der Waals surface area contributed by atoms with Crippen molar-refractivity contribution >= 4 is 5.91 Å². The minimum atomic E-state index is -0.192. The van der Waals surface area contributed by atoms with Gasteiger partial charge in [0.05, 0.1) is 7.11 Å². The van der Waals surface area contributed by atoms with Crippen LogP contribution in [-0.2, 0) is 0 Å². The predicted octanol–water partition coefficient (Wildman–Crippen LogP) is 1.86. The first-order valence-corrected chi connectivity index (χ1v) is 6.92. The first-order chi connectivity index (χ1) is 9.51. The first kappa shape index (κ1) is 16.3. The molecule has 0 aliphatic rings. The summed E-state index contributed by atoms with van der Waals surface area (Å²) in [5.74, 6) is 0.136. The second kappa shape index (κ2) is 7.75. The number of ether oxygens (including phenoxy) is 1. The lowest BCUT2D eigenvalue weighted by Gasteiger charge is -2.23. The van der Waals surface area contributed by atoms with Gasteiger partial charge in [0.1, 0.15) is 0 Å². The van der Waals surface area contributed by atoms with E-state index in [1.807, 2.05) is 6.92 Å². The number of phenolic OH excluding ortho intramolecular Hbond substituents is 1. The van der Waals surface area contributed by atoms with Crippen LogP contribution in [0.5, 0.6) is 11.5 Å². The monoisotopic (exact) mass is 280 g/mol. The summed E-state index contributed by atoms with van der Waals surface area (Å²) in [6.07, 6.45) is 0. The molecular formula is C15H24N2O3. The number of hydrogen-bond acceptors (Lipinski definition) is 4. The summed E-state index contributed by atoms with van der Waals surface area (Å²) in [6, 6.07) is 4.68. The Morgan fingerprint density at radius 1 is 1.40 bits per heavy atom. The van der Waals surface area contributed by atoms with E-state index in [1.54, 1.807) is 12.1 Å². The lowest BCUT2D eigenvalue weighted by Crippen LogP contribution is -2.41. The van der Waals surface area contributed by atoms with Crippen LogP contribution in [0.25, 0.3) is 0 Å². The lowest BCUT2D eigenvalue weighted by atomic mass is 10.1. The summed E-state index contributed by atoms with van der Waals surface area (Å²) in [6.45, 7) is 8.89. The highest BCUT2D eigenvalue weighted by molar-refractivity contribution is 5.95. The van der Waals surface area contributed by atoms with Crippen molar-refractivity contribution in [1.82, 2.24) is 10.2 Å². The van der Waals surface area contributed by atoms with Crippen LogP contribution in [0, 0.1) is 0 Å². The van der Waals surface area contributed by atoms with Gasteiger partial charge in [0, 0.05) is 18.2 Å². The molecule has 0 heterocycles. The maximum atomic E-state index is 12.1. The van der Waals surface area contributed by atoms with Gasteiger partial charge in [0.25, 0.3) is 5.91 Å². The number of nitrogens with one attached hydrogen (secondary N) is 1. The predicted molar refractivity (Wildman–Crippen MR) is 79.4 cm³/mol. The average Bonchev–Trinajstić information content (AvgIpc) is 2.44. The van der Waals surface area contributed by atoms with Crippen LogP contribution in [0.4, 0.5) is 0 Å². The first-order valence-electron chi connectivity index (χ1n) is 6.92. The van der Waals surface area contributed by atoms with Crippen LogP contribution in [-0.4, -0.2) is 48.7 Å². The second-order valence-electron chi connectivity index (χ2n) is 4.75. The third-order valence-electron chi connectivity index (χ3n) is 3.25. The Bertz CT molecular complexity index is 445. The third-order valence-corrected chi connectivity index (χ3v) is 3.25. The maximum Gasteiger partial charge on any atom is 0.251 e. The van der Waals surface area contributed by atoms with Gasteiger partial charge in [0.2, 0.25) is 0 Å². The van der Waals surface area contributed by atoms with Crippen LogP contribution in [0.15, 0.2) is 18.2 Å². The minimum Gasteiger partial charge on any atom is -0.504 e. The second-order valence-corrected chi connectivity index (χ2v) is 4.75. The Morgan fingerprint density at radius 2 is 2.05 bits per heavy atom. The summed E-state index contributed by atoms with van der Waals surface area (Å²) in [7, 11) is 1.47. The molecule has 5 nitrogen and oxygen atoms in total. The van der Waals surface area contributed by atoms with Crippen LogP contribution >= 0.6 is 0 Å². The molecule has 0 bridgehead atoms. The molecule has 112 valence electrons. The fourth-order valence-corrected chi connectivity index (χ4v) is 2.05. The van der Waals surface area contributed by atoms with Gasteiger partial charge in [-0.05, 0) is 38.2 Å². The fraction of sp³-hybridized carbons (Fsp3) is 0.533. The van der Waals surface area contributed by atoms with Crippen LogP contribution in [0.2, 0.25) is 0 Å². The van der Waals surface area contributed by atoms with Gasteiger partial charge in [-0.3, -0.25) is 4.79 Å². The number of carbonyl (C=O) groups excluding carboxylic acids is 1. The Hall–Kier alpha value is -1.75. The number of hydrogen-bond donors (Lipinski definition) is 2. The van der Waals surface area contributed by atoms with Crippen molar-refractivity contribution in [2.75, 3.05) is 26.7 Å². The molecular weight excluding hydrogens is 256 g/mol. The highest BCUT2D eigenvalue weighted by atomic mass is 16.5. The van der Waals surface area contributed by atoms with Crippen molar-refractivity contribution in [3.8, 4) is 11.5 Å². The van der Waals surface area contributed by atoms with Crippen LogP contribution < -0.4 is 10.1 Å². The molecule has 1 amide bonds. The summed E-state index contributed by atoms with van der Waals surface area (Å²) < 4.78 is 4.95. The fourth-order valence-electron chi connectivity index (χ4n) is 2.05. The highest BCUT2D eigenvalue weighted by Gasteiger charge is 2.13. The van der Waals surface area contributed by atoms with Crippen molar-refractivity contribution in [2.24, 2.45) is 0 Å². The van der Waals surface area contributed by atoms with Crippen molar-refractivity contribution in [3.63, 3.8) is 0 Å². The number of methoxy groups -OCH3 is 1. The standard InChI is InChI=1S/C15H24N2O3/c1-5-17(6-2)10-11(3)16-15(19)12-7-8-14(20-4)13(18)9-12/h7-9,11,18H,5-6,10H2,1-4H3,(H,16,19). The SMILES string of the molecule is CCN(CC)CC(C)NC(=O)c1ccc(OC)c(O)c1. The summed E-state index contributed by atoms with van der Waals surface area (Å²) in [5, 5.41) is 12.6. The molecule has 1 rings (SSSR count). The molecule has 0 aromatic heterocycles. The Labute approximate surface area is 120 Å². The van der Waals surface area contributed by atoms with E-state index in [-0.39, 0.29) is 17.7 Å². The molecule has 20 heavy (non-hydrogen) atoms. The molecule has 1 aromatic rings. The van der Waals surface area contributed by atoms with Gasteiger partial charge in [-0.1, -0.05) is 13.8 Å². The molecule has 2 N–H and O–H groups in total. The number of phenols is 1. The molecule has 0 fully saturated rings. The number of carbonyl (C=O) groups is 1. The minimum absolute atomic E-state index is 0.0310. The van der Waals surface area contributed by atoms with Gasteiger partial charge in [-0.25, -0.2) is 0 Å². The molecule has 5 heteroatoms. The molecule has 1 unspecified atom stereocenters. The van der Waals surface area contributed by atoms with Gasteiger partial charge < -0.3 is 20.1 Å². The highest BCUT2D eigenvalue weighted by Crippen LogP contribution is 2.26. The topological polar surface area (TPSA) is 61.8 Å². The Morgan fingerprint density at radius 3 is 2.55 bits per heavy atom. The Kier molecular flexibility index (Phi) is 6.31. The van der Waals surface area contributed by atoms with E-state index in [0.717, 1.165) is 19.6 Å². The summed E-state index contributed by atoms with van der Waals surface area (Å²) in [4.78, 5) is 14.3. The van der Waals surface area contributed by atoms with Gasteiger partial charge in [-0.15, -0.1) is 0 Å². The zero-order chi connectivity index (χ0) is 15.1. The quantitative estimate of drug-likeness (QED) is 0.800. The van der Waals surface area contributed by atoms with Crippen LogP contribution in [0.3, 0.4) is 0 Å². The number of likely N-dealkylation sites (N-methyl/N-ethyl adjacent to an activating group) is 1. The molecule has 0 aliphatic carbocycles. The summed E-state index contributed by atoms with van der Waals surface area (Å²) in [5.41, 5.74) is 0.426. The number of aromatic hydroxyl groups is 1. The number of rotatable bonds is 7. The van der Waals surface area contributed by atoms with E-state index >= 15 is 0 Å². The van der Waals surface area contributed by atoms with E-state index in [1.165, 1.54) is 13.2 Å². The molecule has 0 spiro atoms. The summed E-state index contributed by atoms with van der Waals surface area (Å²) >= 11 is 0. The maximum absolute atomic E-state index is 12.1. The lowest BCUT2D eigenvalue weighted by molar-refractivity contribution is 0.0930. The van der Waals surface area contributed by atoms with Crippen molar-refractivity contribution in [1.29, 1.82) is 0 Å². The molecule has 0 saturated heterocycles. The van der Waals surface area contributed by atoms with E-state index < -0.39 is 0 Å². The molecule has 0 saturated carbocycles. The number of benzene rings is 1. The van der Waals surface area contributed by atoms with Gasteiger partial charge in [0.15, 0.2) is 11.5 Å². The molecule has 1 aromatic carbocycles. The smallest absolute Gasteiger partial charge is 0.251 e. The molecule has 1 atom stereocenters. The van der Waals surface area contributed by atoms with Crippen molar-refractivity contribution in [2.45, 2.75) is 26.8 Å². The Balaban J connectivity index is 2.64. The number of amides is 1. The van der Waals surface area contributed by atoms with Crippen LogP contribution in [0.1, 0.15) is 31.1 Å². The average molecular weight is 280 g/mol. The zero-order valence-electron chi connectivity index (χ0n) is 12.6. The van der Waals surface area contributed by atoms with Gasteiger partial charge in [-0.2, -0.15) is 0 Å². The number of nitrogens with zero attached hydrogens (tertiary/aromatic N) is 1.